The molecule has 1 aliphatic carbocycles. The Balaban J connectivity index is 1.51. The van der Waals surface area contributed by atoms with Gasteiger partial charge in [-0.2, -0.15) is 0 Å². The molecule has 2 heterocycles. The molecule has 32 heavy (non-hydrogen) atoms. The summed E-state index contributed by atoms with van der Waals surface area (Å²) in [7, 11) is -2.55. The van der Waals surface area contributed by atoms with Crippen molar-refractivity contribution in [3.63, 3.8) is 0 Å². The summed E-state index contributed by atoms with van der Waals surface area (Å²) in [5.74, 6) is 0.349. The maximum Gasteiger partial charge on any atom is 0.264 e. The molecule has 2 aliphatic rings. The number of nitrogens with zero attached hydrogens (tertiary/aromatic N) is 1. The number of ether oxygens (including phenoxy) is 2. The van der Waals surface area contributed by atoms with Crippen molar-refractivity contribution >= 4 is 26.8 Å². The van der Waals surface area contributed by atoms with E-state index in [-0.39, 0.29) is 4.90 Å². The lowest BCUT2D eigenvalue weighted by molar-refractivity contribution is -0.121. The van der Waals surface area contributed by atoms with Crippen molar-refractivity contribution in [2.24, 2.45) is 0 Å². The van der Waals surface area contributed by atoms with Crippen LogP contribution < -0.4 is 14.2 Å². The van der Waals surface area contributed by atoms with Gasteiger partial charge in [0.2, 0.25) is 5.91 Å². The van der Waals surface area contributed by atoms with Gasteiger partial charge in [-0.3, -0.25) is 9.78 Å². The first kappa shape index (κ1) is 20.8. The molecule has 0 unspecified atom stereocenters. The van der Waals surface area contributed by atoms with Crippen molar-refractivity contribution in [3.8, 4) is 11.5 Å². The van der Waals surface area contributed by atoms with Crippen molar-refractivity contribution < 1.29 is 22.7 Å². The fourth-order valence-electron chi connectivity index (χ4n) is 4.56. The number of carbonyl (C=O) groups excluding carboxylic acids is 1. The van der Waals surface area contributed by atoms with Crippen molar-refractivity contribution in [1.82, 2.24) is 9.71 Å². The topological polar surface area (TPSA) is 94.6 Å². The van der Waals surface area contributed by atoms with Gasteiger partial charge >= 0.3 is 0 Å². The highest BCUT2D eigenvalue weighted by Gasteiger charge is 2.37. The van der Waals surface area contributed by atoms with Crippen LogP contribution in [0, 0.1) is 0 Å². The van der Waals surface area contributed by atoms with Crippen LogP contribution >= 0.6 is 0 Å². The van der Waals surface area contributed by atoms with E-state index >= 15 is 0 Å². The van der Waals surface area contributed by atoms with Crippen LogP contribution in [-0.4, -0.2) is 33.0 Å². The van der Waals surface area contributed by atoms with Gasteiger partial charge in [-0.25, -0.2) is 13.1 Å². The van der Waals surface area contributed by atoms with Gasteiger partial charge in [-0.05, 0) is 61.1 Å². The molecule has 1 amide bonds. The van der Waals surface area contributed by atoms with Crippen LogP contribution in [0.2, 0.25) is 0 Å². The molecule has 0 radical (unpaired) electrons. The average Bonchev–Trinajstić information content (AvgIpc) is 2.77. The van der Waals surface area contributed by atoms with Gasteiger partial charge in [-0.15, -0.1) is 0 Å². The van der Waals surface area contributed by atoms with E-state index < -0.39 is 21.8 Å². The maximum absolute atomic E-state index is 13.3. The predicted molar refractivity (Wildman–Crippen MR) is 120 cm³/mol. The second kappa shape index (κ2) is 8.09. The molecule has 2 aromatic carbocycles. The fraction of sp³-hybridized carbons (Fsp3) is 0.333. The largest absolute Gasteiger partial charge is 0.496 e. The van der Waals surface area contributed by atoms with Crippen LogP contribution in [0.4, 0.5) is 0 Å². The van der Waals surface area contributed by atoms with Crippen LogP contribution in [0.5, 0.6) is 11.5 Å². The second-order valence-corrected chi connectivity index (χ2v) is 9.86. The predicted octanol–water partition coefficient (Wildman–Crippen LogP) is 3.88. The molecular formula is C24H24N2O5S. The molecule has 1 saturated carbocycles. The van der Waals surface area contributed by atoms with Crippen LogP contribution in [0.3, 0.4) is 0 Å². The maximum atomic E-state index is 13.3. The Bertz CT molecular complexity index is 1300. The lowest BCUT2D eigenvalue weighted by Crippen LogP contribution is -2.37. The number of hydrogen-bond donors (Lipinski definition) is 1. The molecule has 0 bridgehead atoms. The highest BCUT2D eigenvalue weighted by atomic mass is 32.2. The number of benzene rings is 2. The Hall–Kier alpha value is -3.13. The summed E-state index contributed by atoms with van der Waals surface area (Å²) in [6, 6.07) is 12.0. The summed E-state index contributed by atoms with van der Waals surface area (Å²) >= 11 is 0. The third-order valence-electron chi connectivity index (χ3n) is 6.40. The van der Waals surface area contributed by atoms with Gasteiger partial charge in [-0.1, -0.05) is 18.6 Å². The SMILES string of the molecule is COc1ccc(C2CCC2)c2c1[C@@H](C(=O)NS(=O)(=O)c1cccc3ncccc13)CCO2. The van der Waals surface area contributed by atoms with Crippen LogP contribution in [-0.2, 0) is 14.8 Å². The van der Waals surface area contributed by atoms with E-state index in [0.29, 0.717) is 46.9 Å². The zero-order valence-corrected chi connectivity index (χ0v) is 18.5. The van der Waals surface area contributed by atoms with Crippen LogP contribution in [0.25, 0.3) is 10.9 Å². The Morgan fingerprint density at radius 3 is 2.72 bits per heavy atom. The number of carbonyl (C=O) groups is 1. The Labute approximate surface area is 186 Å². The molecule has 1 atom stereocenters. The van der Waals surface area contributed by atoms with Crippen LogP contribution in [0.1, 0.15) is 48.6 Å². The molecule has 1 aliphatic heterocycles. The third kappa shape index (κ3) is 3.48. The van der Waals surface area contributed by atoms with Crippen LogP contribution in [0.15, 0.2) is 53.6 Å². The molecule has 0 saturated heterocycles. The summed E-state index contributed by atoms with van der Waals surface area (Å²) in [5, 5.41) is 0.465. The molecule has 5 rings (SSSR count). The normalized spacial score (nSPS) is 18.3. The molecule has 3 aromatic rings. The summed E-state index contributed by atoms with van der Waals surface area (Å²) in [4.78, 5) is 17.5. The molecule has 1 fully saturated rings. The lowest BCUT2D eigenvalue weighted by Gasteiger charge is -2.33. The number of pyridine rings is 1. The van der Waals surface area contributed by atoms with Crippen molar-refractivity contribution in [2.45, 2.75) is 42.4 Å². The number of aromatic nitrogens is 1. The second-order valence-electron chi connectivity index (χ2n) is 8.21. The molecule has 0 spiro atoms. The number of rotatable bonds is 5. The van der Waals surface area contributed by atoms with E-state index in [1.54, 1.807) is 37.6 Å². The standard InChI is InChI=1S/C24H24N2O5S/c1-30-20-11-10-16(15-5-2-6-15)23-22(20)18(12-14-31-23)24(27)26-32(28,29)21-9-3-8-19-17(21)7-4-13-25-19/h3-4,7-11,13,15,18H,2,5-6,12,14H2,1H3,(H,26,27)/t18-/m0/s1. The monoisotopic (exact) mass is 452 g/mol. The van der Waals surface area contributed by atoms with E-state index in [4.69, 9.17) is 9.47 Å². The van der Waals surface area contributed by atoms with Gasteiger partial charge < -0.3 is 9.47 Å². The molecular weight excluding hydrogens is 428 g/mol. The van der Waals surface area contributed by atoms with Crippen molar-refractivity contribution in [1.29, 1.82) is 0 Å². The van der Waals surface area contributed by atoms with Crippen molar-refractivity contribution in [2.75, 3.05) is 13.7 Å². The number of fused-ring (bicyclic) bond motifs is 2. The highest BCUT2D eigenvalue weighted by Crippen LogP contribution is 2.49. The van der Waals surface area contributed by atoms with E-state index in [2.05, 4.69) is 9.71 Å². The van der Waals surface area contributed by atoms with Gasteiger partial charge in [0.1, 0.15) is 11.5 Å². The zero-order chi connectivity index (χ0) is 22.3. The van der Waals surface area contributed by atoms with E-state index in [9.17, 15) is 13.2 Å². The zero-order valence-electron chi connectivity index (χ0n) is 17.7. The first-order valence-electron chi connectivity index (χ1n) is 10.7. The van der Waals surface area contributed by atoms with Gasteiger partial charge in [0, 0.05) is 17.1 Å². The van der Waals surface area contributed by atoms with Gasteiger partial charge in [0.15, 0.2) is 0 Å². The number of sulfonamides is 1. The minimum atomic E-state index is -4.10. The van der Waals surface area contributed by atoms with Gasteiger partial charge in [0.25, 0.3) is 10.0 Å². The molecule has 166 valence electrons. The number of hydrogen-bond acceptors (Lipinski definition) is 6. The molecule has 8 heteroatoms. The summed E-state index contributed by atoms with van der Waals surface area (Å²) in [6.45, 7) is 0.343. The highest BCUT2D eigenvalue weighted by molar-refractivity contribution is 7.90. The first-order valence-corrected chi connectivity index (χ1v) is 12.2. The van der Waals surface area contributed by atoms with Crippen molar-refractivity contribution in [3.05, 3.63) is 59.8 Å². The van der Waals surface area contributed by atoms with E-state index in [0.717, 1.165) is 18.4 Å². The minimum Gasteiger partial charge on any atom is -0.496 e. The third-order valence-corrected chi connectivity index (χ3v) is 7.80. The lowest BCUT2D eigenvalue weighted by atomic mass is 9.77. The molecule has 1 N–H and O–H groups in total. The number of methoxy groups -OCH3 is 1. The molecule has 7 nitrogen and oxygen atoms in total. The quantitative estimate of drug-likeness (QED) is 0.631. The number of amides is 1. The average molecular weight is 453 g/mol. The Morgan fingerprint density at radius 1 is 1.12 bits per heavy atom. The first-order chi connectivity index (χ1) is 15.5. The summed E-state index contributed by atoms with van der Waals surface area (Å²) < 4.78 is 40.2. The summed E-state index contributed by atoms with van der Waals surface area (Å²) in [5.41, 5.74) is 2.26. The number of nitrogens with one attached hydrogen (secondary N) is 1. The molecule has 1 aromatic heterocycles. The minimum absolute atomic E-state index is 0.0268. The fourth-order valence-corrected chi connectivity index (χ4v) is 5.80. The Morgan fingerprint density at radius 2 is 1.97 bits per heavy atom. The van der Waals surface area contributed by atoms with E-state index in [1.165, 1.54) is 12.5 Å². The smallest absolute Gasteiger partial charge is 0.264 e. The van der Waals surface area contributed by atoms with E-state index in [1.807, 2.05) is 12.1 Å². The van der Waals surface area contributed by atoms with Gasteiger partial charge in [0.05, 0.1) is 30.0 Å². The summed E-state index contributed by atoms with van der Waals surface area (Å²) in [6.07, 6.45) is 5.32. The Kier molecular flexibility index (Phi) is 5.25.